The topological polar surface area (TPSA) is 38.3 Å². The van der Waals surface area contributed by atoms with Gasteiger partial charge in [-0.2, -0.15) is 0 Å². The third-order valence-electron chi connectivity index (χ3n) is 2.91. The van der Waals surface area contributed by atoms with Crippen molar-refractivity contribution in [2.24, 2.45) is 0 Å². The van der Waals surface area contributed by atoms with Gasteiger partial charge in [-0.15, -0.1) is 0 Å². The summed E-state index contributed by atoms with van der Waals surface area (Å²) >= 11 is 9.37. The van der Waals surface area contributed by atoms with E-state index in [1.54, 1.807) is 32.0 Å². The number of rotatable bonds is 4. The van der Waals surface area contributed by atoms with Crippen LogP contribution in [-0.2, 0) is 4.79 Å². The Morgan fingerprint density at radius 1 is 1.23 bits per heavy atom. The Morgan fingerprint density at radius 3 is 2.45 bits per heavy atom. The van der Waals surface area contributed by atoms with Gasteiger partial charge >= 0.3 is 0 Å². The van der Waals surface area contributed by atoms with Crippen LogP contribution in [0.15, 0.2) is 46.9 Å². The van der Waals surface area contributed by atoms with Crippen LogP contribution < -0.4 is 10.1 Å². The molecule has 0 aliphatic heterocycles. The highest BCUT2D eigenvalue weighted by Gasteiger charge is 2.30. The van der Waals surface area contributed by atoms with E-state index in [0.29, 0.717) is 16.5 Å². The van der Waals surface area contributed by atoms with Gasteiger partial charge < -0.3 is 10.1 Å². The summed E-state index contributed by atoms with van der Waals surface area (Å²) in [7, 11) is 0. The van der Waals surface area contributed by atoms with E-state index in [9.17, 15) is 9.18 Å². The Hall–Kier alpha value is -1.59. The van der Waals surface area contributed by atoms with Crippen LogP contribution in [0.2, 0.25) is 5.02 Å². The van der Waals surface area contributed by atoms with E-state index in [1.807, 2.05) is 0 Å². The van der Waals surface area contributed by atoms with Gasteiger partial charge in [0.25, 0.3) is 5.91 Å². The van der Waals surface area contributed by atoms with Gasteiger partial charge in [0, 0.05) is 4.47 Å². The average Bonchev–Trinajstić information content (AvgIpc) is 2.44. The zero-order chi connectivity index (χ0) is 16.3. The molecule has 6 heteroatoms. The molecule has 0 aliphatic rings. The van der Waals surface area contributed by atoms with Crippen LogP contribution in [0.25, 0.3) is 0 Å². The number of benzene rings is 2. The lowest BCUT2D eigenvalue weighted by atomic mass is 10.1. The molecule has 0 fully saturated rings. The number of amides is 1. The summed E-state index contributed by atoms with van der Waals surface area (Å²) < 4.78 is 19.3. The van der Waals surface area contributed by atoms with Crippen LogP contribution in [0.5, 0.6) is 5.75 Å². The smallest absolute Gasteiger partial charge is 0.268 e. The molecule has 1 N–H and O–H groups in total. The Labute approximate surface area is 141 Å². The number of halogens is 3. The first-order chi connectivity index (χ1) is 10.3. The Kier molecular flexibility index (Phi) is 5.08. The maximum Gasteiger partial charge on any atom is 0.268 e. The molecule has 0 heterocycles. The summed E-state index contributed by atoms with van der Waals surface area (Å²) in [4.78, 5) is 12.4. The fraction of sp³-hybridized carbons (Fsp3) is 0.188. The molecule has 0 aliphatic carbocycles. The largest absolute Gasteiger partial charge is 0.478 e. The lowest BCUT2D eigenvalue weighted by molar-refractivity contribution is -0.128. The first kappa shape index (κ1) is 16.8. The molecule has 1 amide bonds. The van der Waals surface area contributed by atoms with Gasteiger partial charge in [-0.3, -0.25) is 4.79 Å². The fourth-order valence-corrected chi connectivity index (χ4v) is 2.43. The molecular weight excluding hydrogens is 373 g/mol. The van der Waals surface area contributed by atoms with Crippen LogP contribution in [0.4, 0.5) is 10.1 Å². The highest BCUT2D eigenvalue weighted by Crippen LogP contribution is 2.27. The SMILES string of the molecule is CC(C)(Oc1ccc(F)cc1)C(=O)Nc1ccc(Br)cc1Cl. The zero-order valence-corrected chi connectivity index (χ0v) is 14.3. The summed E-state index contributed by atoms with van der Waals surface area (Å²) in [5, 5.41) is 3.14. The van der Waals surface area contributed by atoms with Crippen molar-refractivity contribution < 1.29 is 13.9 Å². The van der Waals surface area contributed by atoms with E-state index in [2.05, 4.69) is 21.2 Å². The summed E-state index contributed by atoms with van der Waals surface area (Å²) in [5.74, 6) is -0.319. The number of carbonyl (C=O) groups excluding carboxylic acids is 1. The summed E-state index contributed by atoms with van der Waals surface area (Å²) in [6, 6.07) is 10.6. The van der Waals surface area contributed by atoms with Crippen molar-refractivity contribution in [3.05, 3.63) is 57.8 Å². The highest BCUT2D eigenvalue weighted by atomic mass is 79.9. The number of ether oxygens (including phenoxy) is 1. The Balaban J connectivity index is 2.11. The lowest BCUT2D eigenvalue weighted by Crippen LogP contribution is -2.42. The maximum absolute atomic E-state index is 12.9. The van der Waals surface area contributed by atoms with E-state index < -0.39 is 5.60 Å². The van der Waals surface area contributed by atoms with Crippen LogP contribution in [0.1, 0.15) is 13.8 Å². The lowest BCUT2D eigenvalue weighted by Gasteiger charge is -2.25. The van der Waals surface area contributed by atoms with Crippen molar-refractivity contribution in [1.82, 2.24) is 0 Å². The van der Waals surface area contributed by atoms with Crippen LogP contribution >= 0.6 is 27.5 Å². The molecule has 2 aromatic carbocycles. The van der Waals surface area contributed by atoms with E-state index in [4.69, 9.17) is 16.3 Å². The number of hydrogen-bond donors (Lipinski definition) is 1. The predicted octanol–water partition coefficient (Wildman–Crippen LogP) is 5.04. The highest BCUT2D eigenvalue weighted by molar-refractivity contribution is 9.10. The van der Waals surface area contributed by atoms with Gasteiger partial charge in [0.15, 0.2) is 5.60 Å². The molecule has 0 unspecified atom stereocenters. The van der Waals surface area contributed by atoms with Crippen molar-refractivity contribution in [1.29, 1.82) is 0 Å². The first-order valence-electron chi connectivity index (χ1n) is 6.49. The summed E-state index contributed by atoms with van der Waals surface area (Å²) in [6.45, 7) is 3.25. The molecule has 0 saturated carbocycles. The summed E-state index contributed by atoms with van der Waals surface area (Å²) in [5.41, 5.74) is -0.653. The molecule has 0 saturated heterocycles. The number of nitrogens with one attached hydrogen (secondary N) is 1. The molecule has 116 valence electrons. The van der Waals surface area contributed by atoms with Crippen molar-refractivity contribution in [2.45, 2.75) is 19.4 Å². The number of hydrogen-bond acceptors (Lipinski definition) is 2. The standard InChI is InChI=1S/C16H14BrClFNO2/c1-16(2,22-12-6-4-11(19)5-7-12)15(21)20-14-8-3-10(17)9-13(14)18/h3-9H,1-2H3,(H,20,21). The molecule has 0 spiro atoms. The first-order valence-corrected chi connectivity index (χ1v) is 7.66. The second-order valence-electron chi connectivity index (χ2n) is 5.14. The van der Waals surface area contributed by atoms with Gasteiger partial charge in [0.05, 0.1) is 10.7 Å². The second-order valence-corrected chi connectivity index (χ2v) is 6.47. The normalized spacial score (nSPS) is 11.1. The predicted molar refractivity (Wildman–Crippen MR) is 88.9 cm³/mol. The van der Waals surface area contributed by atoms with Crippen LogP contribution in [0.3, 0.4) is 0 Å². The van der Waals surface area contributed by atoms with E-state index in [1.165, 1.54) is 24.3 Å². The molecule has 3 nitrogen and oxygen atoms in total. The van der Waals surface area contributed by atoms with Crippen molar-refractivity contribution in [3.8, 4) is 5.75 Å². The van der Waals surface area contributed by atoms with Crippen LogP contribution in [0, 0.1) is 5.82 Å². The second kappa shape index (κ2) is 6.67. The minimum absolute atomic E-state index is 0.360. The number of carbonyl (C=O) groups is 1. The molecule has 0 radical (unpaired) electrons. The monoisotopic (exact) mass is 385 g/mol. The molecule has 0 aromatic heterocycles. The van der Waals surface area contributed by atoms with Crippen molar-refractivity contribution in [2.75, 3.05) is 5.32 Å². The molecular formula is C16H14BrClFNO2. The molecule has 0 bridgehead atoms. The Morgan fingerprint density at radius 2 is 1.86 bits per heavy atom. The summed E-state index contributed by atoms with van der Waals surface area (Å²) in [6.07, 6.45) is 0. The van der Waals surface area contributed by atoms with Crippen molar-refractivity contribution >= 4 is 39.1 Å². The van der Waals surface area contributed by atoms with Gasteiger partial charge in [0.1, 0.15) is 11.6 Å². The maximum atomic E-state index is 12.9. The van der Waals surface area contributed by atoms with Gasteiger partial charge in [-0.1, -0.05) is 27.5 Å². The van der Waals surface area contributed by atoms with E-state index in [-0.39, 0.29) is 11.7 Å². The van der Waals surface area contributed by atoms with E-state index >= 15 is 0 Å². The fourth-order valence-electron chi connectivity index (χ4n) is 1.71. The Bertz CT molecular complexity index is 689. The van der Waals surface area contributed by atoms with E-state index in [0.717, 1.165) is 4.47 Å². The molecule has 22 heavy (non-hydrogen) atoms. The third-order valence-corrected chi connectivity index (χ3v) is 3.72. The quantitative estimate of drug-likeness (QED) is 0.799. The molecule has 0 atom stereocenters. The van der Waals surface area contributed by atoms with Gasteiger partial charge in [0.2, 0.25) is 0 Å². The van der Waals surface area contributed by atoms with Gasteiger partial charge in [-0.25, -0.2) is 4.39 Å². The molecule has 2 aromatic rings. The van der Waals surface area contributed by atoms with Crippen LogP contribution in [-0.4, -0.2) is 11.5 Å². The van der Waals surface area contributed by atoms with Crippen molar-refractivity contribution in [3.63, 3.8) is 0 Å². The molecule has 2 rings (SSSR count). The number of anilines is 1. The third kappa shape index (κ3) is 4.21. The zero-order valence-electron chi connectivity index (χ0n) is 12.0. The minimum atomic E-state index is -1.14. The average molecular weight is 387 g/mol. The van der Waals surface area contributed by atoms with Gasteiger partial charge in [-0.05, 0) is 56.3 Å². The minimum Gasteiger partial charge on any atom is -0.478 e.